The highest BCUT2D eigenvalue weighted by Crippen LogP contribution is 2.32. The van der Waals surface area contributed by atoms with Crippen molar-refractivity contribution in [3.63, 3.8) is 0 Å². The number of nitrogens with one attached hydrogen (secondary N) is 1. The van der Waals surface area contributed by atoms with Crippen LogP contribution < -0.4 is 10.1 Å². The molecule has 0 aliphatic carbocycles. The summed E-state index contributed by atoms with van der Waals surface area (Å²) in [5.41, 5.74) is 2.25. The third-order valence-electron chi connectivity index (χ3n) is 3.42. The number of hydrogen-bond acceptors (Lipinski definition) is 4. The van der Waals surface area contributed by atoms with Crippen LogP contribution in [0.3, 0.4) is 0 Å². The standard InChI is InChI=1S/C16H19N3OS/c1-11(2)12-6-4-5-7-14(12)20-15-13(10-17-3)19-8-9-21-16(19)18-15/h4-9,11,17H,10H2,1-3H3. The van der Waals surface area contributed by atoms with E-state index in [1.165, 1.54) is 5.56 Å². The van der Waals surface area contributed by atoms with Gasteiger partial charge in [0.05, 0.1) is 0 Å². The molecule has 110 valence electrons. The van der Waals surface area contributed by atoms with Crippen LogP contribution >= 0.6 is 11.3 Å². The summed E-state index contributed by atoms with van der Waals surface area (Å²) in [7, 11) is 1.93. The number of hydrogen-bond donors (Lipinski definition) is 1. The Morgan fingerprint density at radius 3 is 2.90 bits per heavy atom. The minimum Gasteiger partial charge on any atom is -0.437 e. The van der Waals surface area contributed by atoms with E-state index in [1.807, 2.05) is 36.8 Å². The molecule has 3 aromatic rings. The Bertz CT molecular complexity index is 745. The molecule has 0 spiro atoms. The molecule has 0 amide bonds. The largest absolute Gasteiger partial charge is 0.437 e. The van der Waals surface area contributed by atoms with Gasteiger partial charge in [-0.25, -0.2) is 0 Å². The molecule has 0 bridgehead atoms. The molecular weight excluding hydrogens is 282 g/mol. The summed E-state index contributed by atoms with van der Waals surface area (Å²) in [6.45, 7) is 5.06. The van der Waals surface area contributed by atoms with Crippen LogP contribution in [-0.2, 0) is 6.54 Å². The summed E-state index contributed by atoms with van der Waals surface area (Å²) in [6.07, 6.45) is 2.03. The highest BCUT2D eigenvalue weighted by molar-refractivity contribution is 7.15. The highest BCUT2D eigenvalue weighted by atomic mass is 32.1. The minimum atomic E-state index is 0.415. The average Bonchev–Trinajstić information content (AvgIpc) is 3.03. The van der Waals surface area contributed by atoms with Crippen molar-refractivity contribution in [1.29, 1.82) is 0 Å². The van der Waals surface area contributed by atoms with Gasteiger partial charge in [-0.05, 0) is 24.6 Å². The number of fused-ring (bicyclic) bond motifs is 1. The normalized spacial score (nSPS) is 11.4. The van der Waals surface area contributed by atoms with Crippen molar-refractivity contribution in [2.45, 2.75) is 26.3 Å². The van der Waals surface area contributed by atoms with Gasteiger partial charge in [0, 0.05) is 18.1 Å². The Balaban J connectivity index is 2.02. The van der Waals surface area contributed by atoms with Crippen molar-refractivity contribution < 1.29 is 4.74 Å². The van der Waals surface area contributed by atoms with Crippen LogP contribution in [0.1, 0.15) is 31.0 Å². The minimum absolute atomic E-state index is 0.415. The molecular formula is C16H19N3OS. The predicted octanol–water partition coefficient (Wildman–Crippen LogP) is 4.03. The molecule has 0 aliphatic rings. The summed E-state index contributed by atoms with van der Waals surface area (Å²) in [5.74, 6) is 1.98. The van der Waals surface area contributed by atoms with Crippen molar-refractivity contribution >= 4 is 16.3 Å². The van der Waals surface area contributed by atoms with Crippen LogP contribution in [0.25, 0.3) is 4.96 Å². The van der Waals surface area contributed by atoms with E-state index in [-0.39, 0.29) is 0 Å². The topological polar surface area (TPSA) is 38.6 Å². The van der Waals surface area contributed by atoms with E-state index in [4.69, 9.17) is 4.74 Å². The molecule has 4 nitrogen and oxygen atoms in total. The van der Waals surface area contributed by atoms with Gasteiger partial charge in [-0.3, -0.25) is 4.40 Å². The SMILES string of the molecule is CNCc1c(Oc2ccccc2C(C)C)nc2sccn12. The second-order valence-electron chi connectivity index (χ2n) is 5.24. The first-order valence-electron chi connectivity index (χ1n) is 7.06. The van der Waals surface area contributed by atoms with E-state index in [9.17, 15) is 0 Å². The Morgan fingerprint density at radius 1 is 1.33 bits per heavy atom. The molecule has 5 heteroatoms. The van der Waals surface area contributed by atoms with E-state index in [0.29, 0.717) is 11.8 Å². The molecule has 0 unspecified atom stereocenters. The van der Waals surface area contributed by atoms with E-state index >= 15 is 0 Å². The maximum Gasteiger partial charge on any atom is 0.243 e. The van der Waals surface area contributed by atoms with E-state index in [2.05, 4.69) is 34.6 Å². The van der Waals surface area contributed by atoms with Crippen molar-refractivity contribution in [3.8, 4) is 11.6 Å². The number of aromatic nitrogens is 2. The van der Waals surface area contributed by atoms with Crippen LogP contribution in [0.2, 0.25) is 0 Å². The van der Waals surface area contributed by atoms with Gasteiger partial charge in [-0.1, -0.05) is 32.0 Å². The molecule has 2 heterocycles. The van der Waals surface area contributed by atoms with Gasteiger partial charge in [0.15, 0.2) is 4.96 Å². The Morgan fingerprint density at radius 2 is 2.14 bits per heavy atom. The second kappa shape index (κ2) is 5.87. The molecule has 2 aromatic heterocycles. The van der Waals surface area contributed by atoms with Gasteiger partial charge >= 0.3 is 0 Å². The second-order valence-corrected chi connectivity index (χ2v) is 6.12. The molecule has 0 saturated heterocycles. The van der Waals surface area contributed by atoms with Gasteiger partial charge in [0.25, 0.3) is 0 Å². The quantitative estimate of drug-likeness (QED) is 0.773. The van der Waals surface area contributed by atoms with Crippen LogP contribution in [0.4, 0.5) is 0 Å². The highest BCUT2D eigenvalue weighted by Gasteiger charge is 2.16. The third kappa shape index (κ3) is 2.66. The number of para-hydroxylation sites is 1. The summed E-state index contributed by atoms with van der Waals surface area (Å²) in [5, 5.41) is 5.21. The third-order valence-corrected chi connectivity index (χ3v) is 4.17. The summed E-state index contributed by atoms with van der Waals surface area (Å²) in [6, 6.07) is 8.15. The van der Waals surface area contributed by atoms with Crippen LogP contribution in [-0.4, -0.2) is 16.4 Å². The number of thiazole rings is 1. The molecule has 1 N–H and O–H groups in total. The van der Waals surface area contributed by atoms with E-state index in [0.717, 1.165) is 22.9 Å². The summed E-state index contributed by atoms with van der Waals surface area (Å²) < 4.78 is 8.21. The molecule has 3 rings (SSSR count). The number of ether oxygens (including phenoxy) is 1. The van der Waals surface area contributed by atoms with Gasteiger partial charge in [0.2, 0.25) is 5.88 Å². The van der Waals surface area contributed by atoms with Gasteiger partial charge < -0.3 is 10.1 Å². The molecule has 0 fully saturated rings. The van der Waals surface area contributed by atoms with Crippen LogP contribution in [0.5, 0.6) is 11.6 Å². The van der Waals surface area contributed by atoms with Crippen LogP contribution in [0.15, 0.2) is 35.8 Å². The maximum absolute atomic E-state index is 6.13. The first-order chi connectivity index (χ1) is 10.2. The van der Waals surface area contributed by atoms with Crippen molar-refractivity contribution in [2.75, 3.05) is 7.05 Å². The number of benzene rings is 1. The van der Waals surface area contributed by atoms with Gasteiger partial charge in [-0.15, -0.1) is 11.3 Å². The monoisotopic (exact) mass is 301 g/mol. The molecule has 0 atom stereocenters. The van der Waals surface area contributed by atoms with Gasteiger partial charge in [0.1, 0.15) is 11.4 Å². The smallest absolute Gasteiger partial charge is 0.243 e. The van der Waals surface area contributed by atoms with Crippen LogP contribution in [0, 0.1) is 0 Å². The van der Waals surface area contributed by atoms with Gasteiger partial charge in [-0.2, -0.15) is 4.98 Å². The first kappa shape index (κ1) is 14.1. The molecule has 21 heavy (non-hydrogen) atoms. The molecule has 0 aliphatic heterocycles. The molecule has 1 aromatic carbocycles. The van der Waals surface area contributed by atoms with E-state index in [1.54, 1.807) is 11.3 Å². The summed E-state index contributed by atoms with van der Waals surface area (Å²) >= 11 is 1.61. The van der Waals surface area contributed by atoms with Crippen molar-refractivity contribution in [3.05, 3.63) is 47.1 Å². The lowest BCUT2D eigenvalue weighted by Gasteiger charge is -2.13. The Hall–Kier alpha value is -1.85. The zero-order valence-corrected chi connectivity index (χ0v) is 13.3. The Kier molecular flexibility index (Phi) is 3.94. The lowest BCUT2D eigenvalue weighted by atomic mass is 10.0. The lowest BCUT2D eigenvalue weighted by Crippen LogP contribution is -2.08. The first-order valence-corrected chi connectivity index (χ1v) is 7.94. The fraction of sp³-hybridized carbons (Fsp3) is 0.312. The fourth-order valence-corrected chi connectivity index (χ4v) is 3.10. The lowest BCUT2D eigenvalue weighted by molar-refractivity contribution is 0.449. The zero-order chi connectivity index (χ0) is 14.8. The molecule has 0 radical (unpaired) electrons. The van der Waals surface area contributed by atoms with Crippen molar-refractivity contribution in [1.82, 2.24) is 14.7 Å². The number of imidazole rings is 1. The molecule has 0 saturated carbocycles. The number of nitrogens with zero attached hydrogens (tertiary/aromatic N) is 2. The predicted molar refractivity (Wildman–Crippen MR) is 86.4 cm³/mol. The fourth-order valence-electron chi connectivity index (χ4n) is 2.38. The van der Waals surface area contributed by atoms with E-state index < -0.39 is 0 Å². The average molecular weight is 301 g/mol. The van der Waals surface area contributed by atoms with Crippen molar-refractivity contribution in [2.24, 2.45) is 0 Å². The Labute approximate surface area is 128 Å². The maximum atomic E-state index is 6.13. The summed E-state index contributed by atoms with van der Waals surface area (Å²) in [4.78, 5) is 5.56. The zero-order valence-electron chi connectivity index (χ0n) is 12.5. The number of rotatable bonds is 5.